The molecule has 0 unspecified atom stereocenters. The van der Waals surface area contributed by atoms with Crippen LogP contribution in [0.2, 0.25) is 0 Å². The highest BCUT2D eigenvalue weighted by Crippen LogP contribution is 2.31. The number of likely N-dealkylation sites (N-methyl/N-ethyl adjacent to an activating group) is 1. The Morgan fingerprint density at radius 1 is 1.35 bits per heavy atom. The van der Waals surface area contributed by atoms with E-state index in [-0.39, 0.29) is 11.9 Å². The van der Waals surface area contributed by atoms with Gasteiger partial charge in [-0.15, -0.1) is 0 Å². The van der Waals surface area contributed by atoms with Gasteiger partial charge in [-0.3, -0.25) is 10.2 Å². The zero-order chi connectivity index (χ0) is 14.7. The molecular weight excluding hydrogens is 252 g/mol. The van der Waals surface area contributed by atoms with Crippen LogP contribution in [0.5, 0.6) is 0 Å². The average molecular weight is 278 g/mol. The van der Waals surface area contributed by atoms with Gasteiger partial charge in [0.1, 0.15) is 17.6 Å². The minimum absolute atomic E-state index is 0.138. The number of hydrogen-bond acceptors (Lipinski definition) is 3. The van der Waals surface area contributed by atoms with Crippen LogP contribution in [-0.2, 0) is 4.79 Å². The van der Waals surface area contributed by atoms with E-state index in [1.54, 1.807) is 11.1 Å². The van der Waals surface area contributed by atoms with Gasteiger partial charge < -0.3 is 15.1 Å². The van der Waals surface area contributed by atoms with Gasteiger partial charge >= 0.3 is 0 Å². The van der Waals surface area contributed by atoms with Crippen LogP contribution in [0.15, 0.2) is 11.9 Å². The summed E-state index contributed by atoms with van der Waals surface area (Å²) in [5.74, 6) is 0.638. The molecule has 20 heavy (non-hydrogen) atoms. The summed E-state index contributed by atoms with van der Waals surface area (Å²) in [5, 5.41) is 11.5. The van der Waals surface area contributed by atoms with Gasteiger partial charge in [0.25, 0.3) is 0 Å². The first-order valence-electron chi connectivity index (χ1n) is 7.71. The Hall–Kier alpha value is -1.52. The molecule has 5 nitrogen and oxygen atoms in total. The van der Waals surface area contributed by atoms with Crippen LogP contribution in [0, 0.1) is 5.41 Å². The van der Waals surface area contributed by atoms with E-state index in [4.69, 9.17) is 5.41 Å². The number of rotatable bonds is 4. The molecule has 1 amide bonds. The monoisotopic (exact) mass is 278 g/mol. The minimum atomic E-state index is -0.167. The van der Waals surface area contributed by atoms with Gasteiger partial charge in [0, 0.05) is 25.8 Å². The Labute approximate surface area is 121 Å². The van der Waals surface area contributed by atoms with Crippen molar-refractivity contribution in [2.45, 2.75) is 58.0 Å². The Balaban J connectivity index is 2.36. The lowest BCUT2D eigenvalue weighted by Crippen LogP contribution is -2.60. The van der Waals surface area contributed by atoms with Crippen molar-refractivity contribution in [3.63, 3.8) is 0 Å². The molecule has 0 spiro atoms. The Morgan fingerprint density at radius 2 is 2.00 bits per heavy atom. The highest BCUT2D eigenvalue weighted by atomic mass is 16.2. The number of amidine groups is 1. The first kappa shape index (κ1) is 14.9. The topological polar surface area (TPSA) is 59.4 Å². The molecule has 0 aromatic heterocycles. The van der Waals surface area contributed by atoms with E-state index < -0.39 is 0 Å². The van der Waals surface area contributed by atoms with Crippen molar-refractivity contribution >= 4 is 11.7 Å². The van der Waals surface area contributed by atoms with E-state index >= 15 is 0 Å². The SMILES string of the molecule is CC[C@@H]1C(=O)N(CC)/C(=C/NC)C(=N)N1C1CCCC1. The molecule has 1 heterocycles. The number of nitrogens with one attached hydrogen (secondary N) is 2. The quantitative estimate of drug-likeness (QED) is 0.826. The molecule has 5 heteroatoms. The third-order valence-electron chi connectivity index (χ3n) is 4.38. The number of hydrogen-bond donors (Lipinski definition) is 2. The fourth-order valence-corrected chi connectivity index (χ4v) is 3.43. The van der Waals surface area contributed by atoms with Gasteiger partial charge in [-0.1, -0.05) is 19.8 Å². The maximum Gasteiger partial charge on any atom is 0.249 e. The normalized spacial score (nSPS) is 26.8. The third-order valence-corrected chi connectivity index (χ3v) is 4.38. The van der Waals surface area contributed by atoms with E-state index in [9.17, 15) is 4.79 Å². The van der Waals surface area contributed by atoms with Crippen molar-refractivity contribution in [2.24, 2.45) is 0 Å². The van der Waals surface area contributed by atoms with E-state index in [2.05, 4.69) is 10.2 Å². The standard InChI is InChI=1S/C15H26N4O/c1-4-12-15(20)18(5-2)13(10-17-3)14(16)19(12)11-8-6-7-9-11/h10-12,16-17H,4-9H2,1-3H3/b13-10+,16-14?/t12-/m1/s1. The van der Waals surface area contributed by atoms with Gasteiger partial charge in [0.2, 0.25) is 5.91 Å². The summed E-state index contributed by atoms with van der Waals surface area (Å²) in [7, 11) is 1.81. The fourth-order valence-electron chi connectivity index (χ4n) is 3.43. The van der Waals surface area contributed by atoms with E-state index in [0.717, 1.165) is 19.3 Å². The lowest BCUT2D eigenvalue weighted by atomic mass is 10.0. The molecule has 1 saturated heterocycles. The van der Waals surface area contributed by atoms with Gasteiger partial charge in [-0.25, -0.2) is 0 Å². The van der Waals surface area contributed by atoms with Crippen molar-refractivity contribution < 1.29 is 4.79 Å². The second kappa shape index (κ2) is 6.29. The molecule has 1 saturated carbocycles. The van der Waals surface area contributed by atoms with Crippen LogP contribution in [0.25, 0.3) is 0 Å². The van der Waals surface area contributed by atoms with Crippen LogP contribution in [0.1, 0.15) is 46.0 Å². The van der Waals surface area contributed by atoms with Gasteiger partial charge in [0.05, 0.1) is 0 Å². The lowest BCUT2D eigenvalue weighted by Gasteiger charge is -2.45. The van der Waals surface area contributed by atoms with Crippen molar-refractivity contribution in [3.8, 4) is 0 Å². The molecule has 0 aromatic rings. The van der Waals surface area contributed by atoms with Gasteiger partial charge in [-0.05, 0) is 26.2 Å². The first-order chi connectivity index (χ1) is 9.65. The van der Waals surface area contributed by atoms with Crippen molar-refractivity contribution in [1.82, 2.24) is 15.1 Å². The maximum atomic E-state index is 12.7. The predicted molar refractivity (Wildman–Crippen MR) is 80.4 cm³/mol. The molecule has 2 N–H and O–H groups in total. The smallest absolute Gasteiger partial charge is 0.249 e. The maximum absolute atomic E-state index is 12.7. The molecule has 0 bridgehead atoms. The third kappa shape index (κ3) is 2.41. The summed E-state index contributed by atoms with van der Waals surface area (Å²) in [6.45, 7) is 4.62. The highest BCUT2D eigenvalue weighted by molar-refractivity contribution is 6.06. The van der Waals surface area contributed by atoms with E-state index in [1.807, 2.05) is 20.9 Å². The lowest BCUT2D eigenvalue weighted by molar-refractivity contribution is -0.135. The number of carbonyl (C=O) groups excluding carboxylic acids is 1. The van der Waals surface area contributed by atoms with Gasteiger partial charge in [0.15, 0.2) is 0 Å². The molecule has 112 valence electrons. The summed E-state index contributed by atoms with van der Waals surface area (Å²) < 4.78 is 0. The summed E-state index contributed by atoms with van der Waals surface area (Å²) in [6, 6.07) is 0.190. The number of amides is 1. The number of piperazine rings is 1. The zero-order valence-corrected chi connectivity index (χ0v) is 12.8. The van der Waals surface area contributed by atoms with Crippen LogP contribution >= 0.6 is 0 Å². The second-order valence-electron chi connectivity index (χ2n) is 5.52. The molecule has 1 aliphatic heterocycles. The number of carbonyl (C=O) groups is 1. The molecule has 1 aliphatic carbocycles. The highest BCUT2D eigenvalue weighted by Gasteiger charge is 2.42. The Morgan fingerprint density at radius 3 is 2.50 bits per heavy atom. The van der Waals surface area contributed by atoms with Crippen molar-refractivity contribution in [1.29, 1.82) is 5.41 Å². The number of nitrogens with zero attached hydrogens (tertiary/aromatic N) is 2. The fraction of sp³-hybridized carbons (Fsp3) is 0.733. The van der Waals surface area contributed by atoms with Crippen LogP contribution < -0.4 is 5.32 Å². The average Bonchev–Trinajstić information content (AvgIpc) is 2.96. The van der Waals surface area contributed by atoms with Crippen LogP contribution in [0.4, 0.5) is 0 Å². The Kier molecular flexibility index (Phi) is 4.68. The van der Waals surface area contributed by atoms with E-state index in [1.165, 1.54) is 12.8 Å². The summed E-state index contributed by atoms with van der Waals surface area (Å²) in [4.78, 5) is 16.5. The molecule has 0 radical (unpaired) electrons. The summed E-state index contributed by atoms with van der Waals surface area (Å²) in [5.41, 5.74) is 0.705. The summed E-state index contributed by atoms with van der Waals surface area (Å²) in [6.07, 6.45) is 7.16. The van der Waals surface area contributed by atoms with Crippen molar-refractivity contribution in [3.05, 3.63) is 11.9 Å². The summed E-state index contributed by atoms with van der Waals surface area (Å²) >= 11 is 0. The first-order valence-corrected chi connectivity index (χ1v) is 7.71. The molecule has 1 atom stereocenters. The van der Waals surface area contributed by atoms with E-state index in [0.29, 0.717) is 24.1 Å². The molecule has 2 rings (SSSR count). The molecule has 2 fully saturated rings. The Bertz CT molecular complexity index is 412. The zero-order valence-electron chi connectivity index (χ0n) is 12.8. The second-order valence-corrected chi connectivity index (χ2v) is 5.52. The molecule has 2 aliphatic rings. The van der Waals surface area contributed by atoms with Crippen LogP contribution in [-0.4, -0.2) is 47.2 Å². The predicted octanol–water partition coefficient (Wildman–Crippen LogP) is 1.91. The molecular formula is C15H26N4O. The van der Waals surface area contributed by atoms with Crippen LogP contribution in [0.3, 0.4) is 0 Å². The minimum Gasteiger partial charge on any atom is -0.392 e. The van der Waals surface area contributed by atoms with Gasteiger partial charge in [-0.2, -0.15) is 0 Å². The van der Waals surface area contributed by atoms with Crippen molar-refractivity contribution in [2.75, 3.05) is 13.6 Å². The largest absolute Gasteiger partial charge is 0.392 e. The molecule has 0 aromatic carbocycles.